The third kappa shape index (κ3) is 3.15. The maximum Gasteiger partial charge on any atom is 0.167 e. The molecule has 0 spiro atoms. The molecule has 1 saturated heterocycles. The van der Waals surface area contributed by atoms with Crippen molar-refractivity contribution < 1.29 is 27.0 Å². The van der Waals surface area contributed by atoms with E-state index in [0.717, 1.165) is 12.8 Å². The van der Waals surface area contributed by atoms with E-state index in [1.165, 1.54) is 0 Å². The average Bonchev–Trinajstić information content (AvgIpc) is 2.47. The van der Waals surface area contributed by atoms with Crippen molar-refractivity contribution >= 4 is 15.9 Å². The largest absolute Gasteiger partial charge is 0.353 e. The first kappa shape index (κ1) is 15.7. The number of benzene rings is 1. The highest BCUT2D eigenvalue weighted by atomic mass is 79.9. The topological polar surface area (TPSA) is 18.5 Å². The Morgan fingerprint density at radius 3 is 2.10 bits per heavy atom. The molecule has 1 fully saturated rings. The van der Waals surface area contributed by atoms with Crippen LogP contribution in [-0.2, 0) is 21.4 Å². The van der Waals surface area contributed by atoms with E-state index in [-0.39, 0.29) is 5.33 Å². The van der Waals surface area contributed by atoms with Gasteiger partial charge in [0.15, 0.2) is 29.6 Å². The van der Waals surface area contributed by atoms with Gasteiger partial charge in [-0.1, -0.05) is 15.9 Å². The van der Waals surface area contributed by atoms with Gasteiger partial charge in [-0.25, -0.2) is 17.6 Å². The van der Waals surface area contributed by atoms with Crippen LogP contribution < -0.4 is 0 Å². The number of ether oxygens (including phenoxy) is 2. The van der Waals surface area contributed by atoms with Crippen molar-refractivity contribution in [3.63, 3.8) is 0 Å². The Morgan fingerprint density at radius 2 is 1.60 bits per heavy atom. The van der Waals surface area contributed by atoms with Gasteiger partial charge in [0.2, 0.25) is 0 Å². The minimum atomic E-state index is -1.42. The van der Waals surface area contributed by atoms with Crippen molar-refractivity contribution in [1.29, 1.82) is 0 Å². The fourth-order valence-electron chi connectivity index (χ4n) is 1.99. The van der Waals surface area contributed by atoms with Gasteiger partial charge in [0.05, 0.1) is 12.2 Å². The number of halogens is 5. The molecular weight excluding hydrogens is 344 g/mol. The summed E-state index contributed by atoms with van der Waals surface area (Å²) in [6.45, 7) is -0.0698. The standard InChI is InChI=1S/C13H13BrF4O2/c14-5-7-10(15)12(17)8(13(18)11(7)16)6-20-9-3-1-2-4-19-9/h9H,1-6H2. The molecule has 7 heteroatoms. The zero-order valence-corrected chi connectivity index (χ0v) is 12.1. The number of hydrogen-bond donors (Lipinski definition) is 0. The third-order valence-corrected chi connectivity index (χ3v) is 3.69. The minimum absolute atomic E-state index is 0.314. The van der Waals surface area contributed by atoms with Crippen molar-refractivity contribution in [3.05, 3.63) is 34.4 Å². The predicted octanol–water partition coefficient (Wildman–Crippen LogP) is 4.18. The van der Waals surface area contributed by atoms with Crippen LogP contribution in [0.4, 0.5) is 17.6 Å². The molecule has 0 aliphatic carbocycles. The van der Waals surface area contributed by atoms with Crippen LogP contribution in [0.25, 0.3) is 0 Å². The maximum atomic E-state index is 13.7. The van der Waals surface area contributed by atoms with Crippen molar-refractivity contribution in [1.82, 2.24) is 0 Å². The molecule has 1 heterocycles. The summed E-state index contributed by atoms with van der Waals surface area (Å²) < 4.78 is 65.0. The molecule has 1 atom stereocenters. The van der Waals surface area contributed by atoms with Gasteiger partial charge < -0.3 is 9.47 Å². The van der Waals surface area contributed by atoms with E-state index in [9.17, 15) is 17.6 Å². The van der Waals surface area contributed by atoms with Gasteiger partial charge in [-0.3, -0.25) is 0 Å². The Bertz CT molecular complexity index is 461. The molecule has 1 aromatic rings. The molecule has 1 unspecified atom stereocenters. The number of rotatable bonds is 4. The molecule has 1 aliphatic heterocycles. The summed E-state index contributed by atoms with van der Waals surface area (Å²) in [6.07, 6.45) is 1.77. The van der Waals surface area contributed by atoms with Gasteiger partial charge in [0, 0.05) is 17.5 Å². The van der Waals surface area contributed by atoms with Crippen LogP contribution in [0.2, 0.25) is 0 Å². The second-order valence-corrected chi connectivity index (χ2v) is 5.01. The molecular formula is C13H13BrF4O2. The van der Waals surface area contributed by atoms with E-state index in [2.05, 4.69) is 15.9 Å². The van der Waals surface area contributed by atoms with Gasteiger partial charge in [-0.05, 0) is 19.3 Å². The molecule has 2 rings (SSSR count). The summed E-state index contributed by atoms with van der Waals surface area (Å²) in [5.74, 6) is -5.64. The normalized spacial score (nSPS) is 19.4. The van der Waals surface area contributed by atoms with E-state index in [1.807, 2.05) is 0 Å². The van der Waals surface area contributed by atoms with E-state index in [0.29, 0.717) is 13.0 Å². The fraction of sp³-hybridized carbons (Fsp3) is 0.538. The van der Waals surface area contributed by atoms with Crippen molar-refractivity contribution in [2.45, 2.75) is 37.5 Å². The predicted molar refractivity (Wildman–Crippen MR) is 67.3 cm³/mol. The van der Waals surface area contributed by atoms with Crippen LogP contribution in [0.15, 0.2) is 0 Å². The Hall–Kier alpha value is -0.660. The fourth-order valence-corrected chi connectivity index (χ4v) is 2.48. The second kappa shape index (κ2) is 6.87. The quantitative estimate of drug-likeness (QED) is 0.457. The van der Waals surface area contributed by atoms with E-state index >= 15 is 0 Å². The highest BCUT2D eigenvalue weighted by molar-refractivity contribution is 9.08. The summed E-state index contributed by atoms with van der Waals surface area (Å²) in [5.41, 5.74) is -1.42. The molecule has 0 amide bonds. The highest BCUT2D eigenvalue weighted by Crippen LogP contribution is 2.27. The molecule has 112 valence electrons. The Morgan fingerprint density at radius 1 is 1.00 bits per heavy atom. The lowest BCUT2D eigenvalue weighted by Crippen LogP contribution is -2.23. The summed E-state index contributed by atoms with van der Waals surface area (Å²) in [5, 5.41) is -0.314. The maximum absolute atomic E-state index is 13.7. The van der Waals surface area contributed by atoms with Gasteiger partial charge in [-0.15, -0.1) is 0 Å². The van der Waals surface area contributed by atoms with E-state index in [4.69, 9.17) is 9.47 Å². The van der Waals surface area contributed by atoms with Crippen LogP contribution >= 0.6 is 15.9 Å². The minimum Gasteiger partial charge on any atom is -0.353 e. The Kier molecular flexibility index (Phi) is 5.40. The van der Waals surface area contributed by atoms with Crippen LogP contribution in [0.3, 0.4) is 0 Å². The molecule has 0 bridgehead atoms. The van der Waals surface area contributed by atoms with E-state index < -0.39 is 47.3 Å². The monoisotopic (exact) mass is 356 g/mol. The zero-order chi connectivity index (χ0) is 14.7. The SMILES string of the molecule is Fc1c(F)c(COC2CCCCO2)c(F)c(F)c1CBr. The summed E-state index contributed by atoms with van der Waals surface area (Å²) in [6, 6.07) is 0. The smallest absolute Gasteiger partial charge is 0.167 e. The number of alkyl halides is 1. The lowest BCUT2D eigenvalue weighted by molar-refractivity contribution is -0.169. The molecule has 20 heavy (non-hydrogen) atoms. The molecule has 2 nitrogen and oxygen atoms in total. The molecule has 0 aromatic heterocycles. The molecule has 0 radical (unpaired) electrons. The average molecular weight is 357 g/mol. The Balaban J connectivity index is 2.18. The summed E-state index contributed by atoms with van der Waals surface area (Å²) in [4.78, 5) is 0. The Labute approximate surface area is 122 Å². The molecule has 1 aliphatic rings. The van der Waals surface area contributed by atoms with Crippen LogP contribution in [0.5, 0.6) is 0 Å². The number of hydrogen-bond acceptors (Lipinski definition) is 2. The van der Waals surface area contributed by atoms with Gasteiger partial charge in [-0.2, -0.15) is 0 Å². The zero-order valence-electron chi connectivity index (χ0n) is 10.5. The van der Waals surface area contributed by atoms with Crippen molar-refractivity contribution in [3.8, 4) is 0 Å². The molecule has 1 aromatic carbocycles. The van der Waals surface area contributed by atoms with Crippen molar-refractivity contribution in [2.24, 2.45) is 0 Å². The van der Waals surface area contributed by atoms with Crippen LogP contribution in [-0.4, -0.2) is 12.9 Å². The lowest BCUT2D eigenvalue weighted by Gasteiger charge is -2.23. The van der Waals surface area contributed by atoms with Gasteiger partial charge >= 0.3 is 0 Å². The van der Waals surface area contributed by atoms with Crippen molar-refractivity contribution in [2.75, 3.05) is 6.61 Å². The van der Waals surface area contributed by atoms with Gasteiger partial charge in [0.1, 0.15) is 0 Å². The van der Waals surface area contributed by atoms with Crippen LogP contribution in [0, 0.1) is 23.3 Å². The molecule has 0 saturated carbocycles. The van der Waals surface area contributed by atoms with Crippen LogP contribution in [0.1, 0.15) is 30.4 Å². The second-order valence-electron chi connectivity index (χ2n) is 4.45. The first-order valence-electron chi connectivity index (χ1n) is 6.19. The summed E-state index contributed by atoms with van der Waals surface area (Å²) in [7, 11) is 0. The lowest BCUT2D eigenvalue weighted by atomic mass is 10.1. The van der Waals surface area contributed by atoms with E-state index in [1.54, 1.807) is 0 Å². The third-order valence-electron chi connectivity index (χ3n) is 3.13. The molecule has 0 N–H and O–H groups in total. The summed E-state index contributed by atoms with van der Waals surface area (Å²) >= 11 is 2.79. The van der Waals surface area contributed by atoms with Gasteiger partial charge in [0.25, 0.3) is 0 Å². The first-order valence-corrected chi connectivity index (χ1v) is 7.31. The first-order chi connectivity index (χ1) is 9.56. The highest BCUT2D eigenvalue weighted by Gasteiger charge is 2.25.